The molecule has 6 nitrogen and oxygen atoms in total. The second-order valence-electron chi connectivity index (χ2n) is 8.07. The Hall–Kier alpha value is -3.29. The van der Waals surface area contributed by atoms with Crippen molar-refractivity contribution in [3.8, 4) is 11.1 Å². The van der Waals surface area contributed by atoms with Gasteiger partial charge in [0.25, 0.3) is 11.8 Å². The second kappa shape index (κ2) is 7.76. The lowest BCUT2D eigenvalue weighted by molar-refractivity contribution is -0.136. The van der Waals surface area contributed by atoms with E-state index in [9.17, 15) is 23.2 Å². The number of amides is 3. The first kappa shape index (κ1) is 21.0. The van der Waals surface area contributed by atoms with Crippen LogP contribution in [0.3, 0.4) is 0 Å². The molecule has 0 bridgehead atoms. The van der Waals surface area contributed by atoms with Gasteiger partial charge in [-0.2, -0.15) is 0 Å². The van der Waals surface area contributed by atoms with Crippen molar-refractivity contribution in [1.29, 1.82) is 0 Å². The number of nitrogens with zero attached hydrogens (tertiary/aromatic N) is 1. The zero-order valence-electron chi connectivity index (χ0n) is 17.2. The molecular weight excluding hydrogens is 404 g/mol. The Bertz CT molecular complexity index is 1060. The smallest absolute Gasteiger partial charge is 0.253 e. The minimum atomic E-state index is -2.74. The number of para-hydroxylation sites is 1. The number of rotatable bonds is 5. The first-order chi connectivity index (χ1) is 14.7. The Morgan fingerprint density at radius 2 is 1.71 bits per heavy atom. The van der Waals surface area contributed by atoms with Gasteiger partial charge in [-0.15, -0.1) is 0 Å². The van der Waals surface area contributed by atoms with Gasteiger partial charge < -0.3 is 15.5 Å². The fourth-order valence-electron chi connectivity index (χ4n) is 3.83. The molecule has 2 aromatic rings. The van der Waals surface area contributed by atoms with Crippen LogP contribution in [0.15, 0.2) is 48.5 Å². The first-order valence-electron chi connectivity index (χ1n) is 10.1. The second-order valence-corrected chi connectivity index (χ2v) is 8.07. The number of halogens is 2. The summed E-state index contributed by atoms with van der Waals surface area (Å²) in [5, 5.41) is 5.10. The van der Waals surface area contributed by atoms with Gasteiger partial charge in [-0.3, -0.25) is 14.4 Å². The number of hydrogen-bond donors (Lipinski definition) is 2. The van der Waals surface area contributed by atoms with Crippen LogP contribution >= 0.6 is 0 Å². The lowest BCUT2D eigenvalue weighted by Gasteiger charge is -2.24. The van der Waals surface area contributed by atoms with Gasteiger partial charge in [-0.1, -0.05) is 42.5 Å². The third-order valence-electron chi connectivity index (χ3n) is 5.96. The van der Waals surface area contributed by atoms with Crippen LogP contribution in [0.5, 0.6) is 0 Å². The van der Waals surface area contributed by atoms with Gasteiger partial charge in [-0.05, 0) is 24.1 Å². The van der Waals surface area contributed by atoms with Crippen LogP contribution in [-0.4, -0.2) is 37.2 Å². The summed E-state index contributed by atoms with van der Waals surface area (Å²) in [5.41, 5.74) is 3.02. The van der Waals surface area contributed by atoms with E-state index in [2.05, 4.69) is 10.6 Å². The molecule has 3 amide bonds. The minimum Gasteiger partial charge on any atom is -0.355 e. The quantitative estimate of drug-likeness (QED) is 0.721. The summed E-state index contributed by atoms with van der Waals surface area (Å²) in [4.78, 5) is 39.8. The van der Waals surface area contributed by atoms with Crippen molar-refractivity contribution in [1.82, 2.24) is 10.6 Å². The number of fused-ring (bicyclic) bond motifs is 3. The summed E-state index contributed by atoms with van der Waals surface area (Å²) >= 11 is 0. The molecule has 1 fully saturated rings. The molecule has 2 N–H and O–H groups in total. The number of carbonyl (C=O) groups is 3. The Labute approximate surface area is 178 Å². The molecule has 162 valence electrons. The van der Waals surface area contributed by atoms with E-state index < -0.39 is 35.6 Å². The molecule has 4 rings (SSSR count). The zero-order valence-corrected chi connectivity index (χ0v) is 17.2. The predicted molar refractivity (Wildman–Crippen MR) is 111 cm³/mol. The molecule has 3 unspecified atom stereocenters. The summed E-state index contributed by atoms with van der Waals surface area (Å²) < 4.78 is 26.0. The first-order valence-corrected chi connectivity index (χ1v) is 10.1. The van der Waals surface area contributed by atoms with Gasteiger partial charge in [0.1, 0.15) is 12.0 Å². The van der Waals surface area contributed by atoms with Gasteiger partial charge in [0.15, 0.2) is 0 Å². The molecule has 2 aliphatic rings. The van der Waals surface area contributed by atoms with Crippen molar-refractivity contribution in [2.45, 2.75) is 25.3 Å². The fourth-order valence-corrected chi connectivity index (χ4v) is 3.83. The highest BCUT2D eigenvalue weighted by Gasteiger charge is 2.56. The molecule has 1 aliphatic heterocycles. The molecule has 0 saturated heterocycles. The molecular formula is C23H23F2N3O3. The Kier molecular flexibility index (Phi) is 5.24. The highest BCUT2D eigenvalue weighted by molar-refractivity contribution is 6.07. The summed E-state index contributed by atoms with van der Waals surface area (Å²) in [5.74, 6) is -6.39. The van der Waals surface area contributed by atoms with E-state index in [4.69, 9.17) is 0 Å². The average molecular weight is 427 g/mol. The summed E-state index contributed by atoms with van der Waals surface area (Å²) in [6, 6.07) is 13.8. The van der Waals surface area contributed by atoms with Crippen LogP contribution < -0.4 is 15.5 Å². The van der Waals surface area contributed by atoms with E-state index in [0.717, 1.165) is 11.1 Å². The largest absolute Gasteiger partial charge is 0.355 e. The summed E-state index contributed by atoms with van der Waals surface area (Å²) in [6.07, 6.45) is -0.256. The van der Waals surface area contributed by atoms with Gasteiger partial charge in [0, 0.05) is 31.5 Å². The fraction of sp³-hybridized carbons (Fsp3) is 0.348. The van der Waals surface area contributed by atoms with Crippen molar-refractivity contribution in [3.05, 3.63) is 54.1 Å². The number of nitrogens with one attached hydrogen (secondary N) is 2. The molecule has 3 atom stereocenters. The third kappa shape index (κ3) is 3.89. The molecule has 8 heteroatoms. The highest BCUT2D eigenvalue weighted by Crippen LogP contribution is 2.48. The van der Waals surface area contributed by atoms with Crippen LogP contribution in [0.25, 0.3) is 11.1 Å². The molecule has 1 aliphatic carbocycles. The molecule has 0 radical (unpaired) electrons. The predicted octanol–water partition coefficient (Wildman–Crippen LogP) is 2.89. The Morgan fingerprint density at radius 3 is 2.39 bits per heavy atom. The van der Waals surface area contributed by atoms with Gasteiger partial charge in [-0.25, -0.2) is 8.78 Å². The number of alkyl halides is 2. The van der Waals surface area contributed by atoms with Crippen LogP contribution in [0.2, 0.25) is 0 Å². The standard InChI is InChI=1S/C23H23F2N3O3/c1-13(20(29)26-12-14-11-23(14,24)25)21(30)27-19-17-9-4-3-7-15(17)16-8-5-6-10-18(16)28(2)22(19)31/h3-10,13-14,19H,11-12H2,1-2H3,(H,26,29)(H,27,30). The lowest BCUT2D eigenvalue weighted by Crippen LogP contribution is -2.46. The summed E-state index contributed by atoms with van der Waals surface area (Å²) in [7, 11) is 1.64. The van der Waals surface area contributed by atoms with Gasteiger partial charge in [0.05, 0.1) is 5.69 Å². The molecule has 1 saturated carbocycles. The van der Waals surface area contributed by atoms with E-state index in [-0.39, 0.29) is 18.9 Å². The van der Waals surface area contributed by atoms with Crippen molar-refractivity contribution < 1.29 is 23.2 Å². The lowest BCUT2D eigenvalue weighted by atomic mass is 9.95. The molecule has 0 spiro atoms. The Balaban J connectivity index is 1.54. The maximum atomic E-state index is 13.2. The van der Waals surface area contributed by atoms with E-state index in [1.54, 1.807) is 19.2 Å². The van der Waals surface area contributed by atoms with E-state index in [1.165, 1.54) is 11.8 Å². The van der Waals surface area contributed by atoms with Crippen molar-refractivity contribution in [2.75, 3.05) is 18.5 Å². The van der Waals surface area contributed by atoms with E-state index in [0.29, 0.717) is 11.3 Å². The maximum Gasteiger partial charge on any atom is 0.253 e. The SMILES string of the molecule is CC(C(=O)NCC1CC1(F)F)C(=O)NC1C(=O)N(C)c2ccccc2-c2ccccc21. The number of anilines is 1. The van der Waals surface area contributed by atoms with Crippen LogP contribution in [0.1, 0.15) is 24.9 Å². The van der Waals surface area contributed by atoms with E-state index >= 15 is 0 Å². The number of hydrogen-bond acceptors (Lipinski definition) is 3. The Morgan fingerprint density at radius 1 is 1.10 bits per heavy atom. The van der Waals surface area contributed by atoms with Gasteiger partial charge in [0.2, 0.25) is 11.8 Å². The number of carbonyl (C=O) groups excluding carboxylic acids is 3. The van der Waals surface area contributed by atoms with E-state index in [1.807, 2.05) is 36.4 Å². The van der Waals surface area contributed by atoms with Gasteiger partial charge >= 0.3 is 0 Å². The maximum absolute atomic E-state index is 13.2. The van der Waals surface area contributed by atoms with Crippen molar-refractivity contribution in [3.63, 3.8) is 0 Å². The third-order valence-corrected chi connectivity index (χ3v) is 5.96. The van der Waals surface area contributed by atoms with Crippen LogP contribution in [0.4, 0.5) is 14.5 Å². The molecule has 1 heterocycles. The zero-order chi connectivity index (χ0) is 22.3. The topological polar surface area (TPSA) is 78.5 Å². The number of benzene rings is 2. The van der Waals surface area contributed by atoms with Crippen molar-refractivity contribution in [2.24, 2.45) is 11.8 Å². The average Bonchev–Trinajstić information content (AvgIpc) is 3.41. The highest BCUT2D eigenvalue weighted by atomic mass is 19.3. The molecule has 0 aromatic heterocycles. The van der Waals surface area contributed by atoms with Crippen LogP contribution in [-0.2, 0) is 14.4 Å². The van der Waals surface area contributed by atoms with Crippen molar-refractivity contribution >= 4 is 23.4 Å². The summed E-state index contributed by atoms with van der Waals surface area (Å²) in [6.45, 7) is 1.22. The van der Waals surface area contributed by atoms with Crippen LogP contribution in [0, 0.1) is 11.8 Å². The molecule has 2 aromatic carbocycles. The minimum absolute atomic E-state index is 0.174. The monoisotopic (exact) mass is 427 g/mol. The molecule has 31 heavy (non-hydrogen) atoms. The number of likely N-dealkylation sites (N-methyl/N-ethyl adjacent to an activating group) is 1. The normalized spacial score (nSPS) is 21.9.